The molecule has 2 aromatic carbocycles. The number of carbonyl (C=O) groups is 1. The number of hydrogen-bond acceptors (Lipinski definition) is 5. The third kappa shape index (κ3) is 3.73. The zero-order chi connectivity index (χ0) is 21.5. The van der Waals surface area contributed by atoms with E-state index in [1.54, 1.807) is 48.4 Å². The van der Waals surface area contributed by atoms with Gasteiger partial charge in [0.25, 0.3) is 15.9 Å². The van der Waals surface area contributed by atoms with Crippen LogP contribution in [0.4, 0.5) is 0 Å². The van der Waals surface area contributed by atoms with Crippen LogP contribution >= 0.6 is 15.9 Å². The number of rotatable bonds is 4. The molecule has 1 amide bonds. The number of nitrogens with zero attached hydrogens (tertiary/aromatic N) is 3. The van der Waals surface area contributed by atoms with Crippen LogP contribution in [-0.4, -0.2) is 68.4 Å². The molecule has 0 saturated carbocycles. The van der Waals surface area contributed by atoms with Crippen molar-refractivity contribution in [3.8, 4) is 5.75 Å². The van der Waals surface area contributed by atoms with Crippen molar-refractivity contribution in [1.82, 2.24) is 13.8 Å². The van der Waals surface area contributed by atoms with Crippen LogP contribution in [0.5, 0.6) is 5.75 Å². The van der Waals surface area contributed by atoms with E-state index in [-0.39, 0.29) is 16.5 Å². The van der Waals surface area contributed by atoms with Gasteiger partial charge in [0.2, 0.25) is 0 Å². The summed E-state index contributed by atoms with van der Waals surface area (Å²) < 4.78 is 34.4. The van der Waals surface area contributed by atoms with Crippen LogP contribution in [0.1, 0.15) is 10.5 Å². The summed E-state index contributed by atoms with van der Waals surface area (Å²) in [4.78, 5) is 17.3. The van der Waals surface area contributed by atoms with Crippen molar-refractivity contribution in [3.63, 3.8) is 0 Å². The molecule has 0 N–H and O–H groups in total. The first kappa shape index (κ1) is 20.9. The average Bonchev–Trinajstić information content (AvgIpc) is 3.13. The monoisotopic (exact) mass is 491 g/mol. The largest absolute Gasteiger partial charge is 0.497 e. The average molecular weight is 492 g/mol. The van der Waals surface area contributed by atoms with Gasteiger partial charge in [-0.05, 0) is 55.6 Å². The number of halogens is 1. The molecule has 3 aromatic rings. The molecule has 1 saturated heterocycles. The molecule has 4 rings (SSSR count). The number of piperazine rings is 1. The standard InChI is InChI=1S/C21H22BrN3O4S/c1-23-9-11-24(12-10-23)21(26)20-14-15-13-17(29-2)5-8-19(15)25(20)30(27,28)18-6-3-16(22)4-7-18/h3-8,13-14H,9-12H2,1-2H3. The first-order chi connectivity index (χ1) is 14.3. The number of likely N-dealkylation sites (N-methyl/N-ethyl adjacent to an activating group) is 1. The second-order valence-electron chi connectivity index (χ2n) is 7.27. The Bertz CT molecular complexity index is 1200. The first-order valence-electron chi connectivity index (χ1n) is 9.50. The SMILES string of the molecule is COc1ccc2c(c1)cc(C(=O)N1CCN(C)CC1)n2S(=O)(=O)c1ccc(Br)cc1. The highest BCUT2D eigenvalue weighted by atomic mass is 79.9. The number of methoxy groups -OCH3 is 1. The molecule has 1 fully saturated rings. The van der Waals surface area contributed by atoms with Crippen LogP contribution in [0, 0.1) is 0 Å². The minimum atomic E-state index is -3.99. The molecule has 30 heavy (non-hydrogen) atoms. The predicted octanol–water partition coefficient (Wildman–Crippen LogP) is 3.04. The van der Waals surface area contributed by atoms with Crippen molar-refractivity contribution < 1.29 is 17.9 Å². The van der Waals surface area contributed by atoms with E-state index in [2.05, 4.69) is 20.8 Å². The summed E-state index contributed by atoms with van der Waals surface area (Å²) >= 11 is 3.33. The van der Waals surface area contributed by atoms with Gasteiger partial charge in [-0.25, -0.2) is 12.4 Å². The summed E-state index contributed by atoms with van der Waals surface area (Å²) in [5.74, 6) is 0.304. The van der Waals surface area contributed by atoms with Crippen LogP contribution in [0.25, 0.3) is 10.9 Å². The van der Waals surface area contributed by atoms with E-state index in [9.17, 15) is 13.2 Å². The lowest BCUT2D eigenvalue weighted by atomic mass is 10.2. The summed E-state index contributed by atoms with van der Waals surface area (Å²) in [6.45, 7) is 2.61. The van der Waals surface area contributed by atoms with Gasteiger partial charge in [0.1, 0.15) is 11.4 Å². The van der Waals surface area contributed by atoms with Gasteiger partial charge >= 0.3 is 0 Å². The Morgan fingerprint density at radius 1 is 1.00 bits per heavy atom. The van der Waals surface area contributed by atoms with E-state index in [1.165, 1.54) is 12.1 Å². The Morgan fingerprint density at radius 2 is 1.67 bits per heavy atom. The maximum atomic E-state index is 13.6. The van der Waals surface area contributed by atoms with Crippen molar-refractivity contribution in [2.75, 3.05) is 40.3 Å². The molecular weight excluding hydrogens is 470 g/mol. The van der Waals surface area contributed by atoms with Gasteiger partial charge in [-0.15, -0.1) is 0 Å². The lowest BCUT2D eigenvalue weighted by Crippen LogP contribution is -2.47. The Kier molecular flexibility index (Phi) is 5.61. The predicted molar refractivity (Wildman–Crippen MR) is 119 cm³/mol. The van der Waals surface area contributed by atoms with Gasteiger partial charge in [-0.1, -0.05) is 15.9 Å². The van der Waals surface area contributed by atoms with Crippen molar-refractivity contribution in [1.29, 1.82) is 0 Å². The Morgan fingerprint density at radius 3 is 2.30 bits per heavy atom. The molecule has 1 aromatic heterocycles. The molecule has 9 heteroatoms. The number of carbonyl (C=O) groups excluding carboxylic acids is 1. The van der Waals surface area contributed by atoms with E-state index < -0.39 is 10.0 Å². The van der Waals surface area contributed by atoms with Crippen LogP contribution in [-0.2, 0) is 10.0 Å². The normalized spacial score (nSPS) is 15.5. The highest BCUT2D eigenvalue weighted by Crippen LogP contribution is 2.30. The Labute approximate surface area is 184 Å². The van der Waals surface area contributed by atoms with Crippen LogP contribution < -0.4 is 4.74 Å². The molecule has 7 nitrogen and oxygen atoms in total. The van der Waals surface area contributed by atoms with Gasteiger partial charge in [-0.2, -0.15) is 0 Å². The molecule has 2 heterocycles. The Hall–Kier alpha value is -2.36. The van der Waals surface area contributed by atoms with Crippen molar-refractivity contribution in [2.24, 2.45) is 0 Å². The quantitative estimate of drug-likeness (QED) is 0.560. The van der Waals surface area contributed by atoms with E-state index in [0.717, 1.165) is 21.5 Å². The van der Waals surface area contributed by atoms with E-state index in [0.29, 0.717) is 29.7 Å². The summed E-state index contributed by atoms with van der Waals surface area (Å²) in [6, 6.07) is 13.1. The zero-order valence-corrected chi connectivity index (χ0v) is 19.1. The second-order valence-corrected chi connectivity index (χ2v) is 9.98. The molecule has 0 spiro atoms. The summed E-state index contributed by atoms with van der Waals surface area (Å²) in [7, 11) is -0.435. The molecule has 1 aliphatic heterocycles. The highest BCUT2D eigenvalue weighted by Gasteiger charge is 2.30. The maximum Gasteiger partial charge on any atom is 0.271 e. The number of aromatic nitrogens is 1. The van der Waals surface area contributed by atoms with Crippen molar-refractivity contribution >= 4 is 42.8 Å². The lowest BCUT2D eigenvalue weighted by molar-refractivity contribution is 0.0657. The maximum absolute atomic E-state index is 13.6. The molecular formula is C21H22BrN3O4S. The van der Waals surface area contributed by atoms with Crippen LogP contribution in [0.2, 0.25) is 0 Å². The molecule has 0 radical (unpaired) electrons. The fourth-order valence-corrected chi connectivity index (χ4v) is 5.36. The first-order valence-corrected chi connectivity index (χ1v) is 11.7. The zero-order valence-electron chi connectivity index (χ0n) is 16.7. The third-order valence-corrected chi connectivity index (χ3v) is 7.60. The minimum absolute atomic E-state index is 0.117. The number of hydrogen-bond donors (Lipinski definition) is 0. The minimum Gasteiger partial charge on any atom is -0.497 e. The van der Waals surface area contributed by atoms with Gasteiger partial charge in [0.15, 0.2) is 0 Å². The number of amides is 1. The van der Waals surface area contributed by atoms with E-state index in [4.69, 9.17) is 4.74 Å². The molecule has 0 atom stereocenters. The number of fused-ring (bicyclic) bond motifs is 1. The fourth-order valence-electron chi connectivity index (χ4n) is 3.59. The lowest BCUT2D eigenvalue weighted by Gasteiger charge is -2.32. The van der Waals surface area contributed by atoms with Crippen LogP contribution in [0.15, 0.2) is 57.9 Å². The molecule has 0 unspecified atom stereocenters. The second kappa shape index (κ2) is 8.05. The van der Waals surface area contributed by atoms with E-state index >= 15 is 0 Å². The van der Waals surface area contributed by atoms with Gasteiger partial charge in [-0.3, -0.25) is 4.79 Å². The van der Waals surface area contributed by atoms with Gasteiger partial charge < -0.3 is 14.5 Å². The molecule has 158 valence electrons. The molecule has 1 aliphatic rings. The van der Waals surface area contributed by atoms with Gasteiger partial charge in [0, 0.05) is 36.0 Å². The Balaban J connectivity index is 1.89. The topological polar surface area (TPSA) is 71.8 Å². The van der Waals surface area contributed by atoms with Crippen molar-refractivity contribution in [3.05, 3.63) is 58.7 Å². The summed E-state index contributed by atoms with van der Waals surface area (Å²) in [5, 5.41) is 0.632. The summed E-state index contributed by atoms with van der Waals surface area (Å²) in [6.07, 6.45) is 0. The molecule has 0 bridgehead atoms. The third-order valence-electron chi connectivity index (χ3n) is 5.33. The summed E-state index contributed by atoms with van der Waals surface area (Å²) in [5.41, 5.74) is 0.571. The van der Waals surface area contributed by atoms with E-state index in [1.807, 2.05) is 7.05 Å². The van der Waals surface area contributed by atoms with Gasteiger partial charge in [0.05, 0.1) is 17.5 Å². The number of ether oxygens (including phenoxy) is 1. The van der Waals surface area contributed by atoms with Crippen LogP contribution in [0.3, 0.4) is 0 Å². The smallest absolute Gasteiger partial charge is 0.271 e. The van der Waals surface area contributed by atoms with Crippen molar-refractivity contribution in [2.45, 2.75) is 4.90 Å². The molecule has 0 aliphatic carbocycles. The highest BCUT2D eigenvalue weighted by molar-refractivity contribution is 9.10. The number of benzene rings is 2. The fraction of sp³-hybridized carbons (Fsp3) is 0.286.